The van der Waals surface area contributed by atoms with Crippen molar-refractivity contribution in [3.8, 4) is 11.3 Å². The number of pyridine rings is 2. The zero-order valence-electron chi connectivity index (χ0n) is 30.1. The van der Waals surface area contributed by atoms with E-state index in [0.29, 0.717) is 0 Å². The molecule has 0 spiro atoms. The second kappa shape index (κ2) is 12.8. The molecule has 0 amide bonds. The molecule has 9 aromatic rings. The maximum Gasteiger partial charge on any atom is 0.179 e. The Labute approximate surface area is 320 Å². The number of rotatable bonds is 6. The van der Waals surface area contributed by atoms with E-state index in [1.54, 1.807) is 0 Å². The molecule has 1 aliphatic rings. The quantitative estimate of drug-likeness (QED) is 0.126. The van der Waals surface area contributed by atoms with E-state index in [1.165, 1.54) is 57.7 Å². The van der Waals surface area contributed by atoms with Gasteiger partial charge in [0.15, 0.2) is 8.07 Å². The van der Waals surface area contributed by atoms with Crippen LogP contribution in [-0.4, -0.2) is 18.0 Å². The van der Waals surface area contributed by atoms with E-state index in [1.807, 2.05) is 29.8 Å². The number of hydrogen-bond donors (Lipinski definition) is 0. The van der Waals surface area contributed by atoms with Gasteiger partial charge in [0.25, 0.3) is 0 Å². The average Bonchev–Trinajstić information content (AvgIpc) is 3.61. The third kappa shape index (κ3) is 4.93. The Morgan fingerprint density at radius 2 is 1.20 bits per heavy atom. The zero-order chi connectivity index (χ0) is 36.3. The molecule has 0 N–H and O–H groups in total. The Morgan fingerprint density at radius 1 is 0.537 bits per heavy atom. The van der Waals surface area contributed by atoms with E-state index in [9.17, 15) is 0 Å². The second-order valence-corrected chi connectivity index (χ2v) is 19.5. The molecule has 6 aromatic carbocycles. The van der Waals surface area contributed by atoms with Crippen molar-refractivity contribution in [2.75, 3.05) is 4.90 Å². The SMILES string of the molecule is CC1(C)c2cccnc2N(c2cccc([Si](c3ccccc3)(c3ccccc3)c3cccc(-c4ccccn4)c3)c2)c2ccc3c(sc4ccccc43)c21. The normalized spacial score (nSPS) is 13.5. The lowest BCUT2D eigenvalue weighted by atomic mass is 9.74. The Hall–Kier alpha value is -6.14. The first-order valence-corrected chi connectivity index (χ1v) is 21.3. The van der Waals surface area contributed by atoms with Crippen molar-refractivity contribution < 1.29 is 0 Å². The molecule has 0 fully saturated rings. The van der Waals surface area contributed by atoms with E-state index in [2.05, 4.69) is 189 Å². The van der Waals surface area contributed by atoms with Crippen LogP contribution in [0.25, 0.3) is 31.4 Å². The highest BCUT2D eigenvalue weighted by molar-refractivity contribution is 7.26. The van der Waals surface area contributed by atoms with E-state index in [4.69, 9.17) is 9.97 Å². The minimum absolute atomic E-state index is 0.258. The third-order valence-electron chi connectivity index (χ3n) is 11.3. The van der Waals surface area contributed by atoms with Crippen LogP contribution in [-0.2, 0) is 5.41 Å². The Balaban J connectivity index is 1.26. The van der Waals surface area contributed by atoms with Crippen molar-refractivity contribution in [1.82, 2.24) is 9.97 Å². The van der Waals surface area contributed by atoms with Gasteiger partial charge in [0.05, 0.1) is 11.4 Å². The van der Waals surface area contributed by atoms with Crippen molar-refractivity contribution >= 4 is 77.5 Å². The standard InChI is InChI=1S/C49H37N3SSi/c1-49(2)42-25-15-31-51-48(42)52(44-29-28-41-40-24-9-10-27-45(40)53-47(41)46(44)49)35-17-14-23-39(33-35)54(36-18-5-3-6-19-36,37-20-7-4-8-21-37)38-22-13-16-34(32-38)43-26-11-12-30-50-43/h3-33H,1-2H3. The van der Waals surface area contributed by atoms with Crippen molar-refractivity contribution in [1.29, 1.82) is 0 Å². The van der Waals surface area contributed by atoms with E-state index in [-0.39, 0.29) is 5.41 Å². The second-order valence-electron chi connectivity index (χ2n) is 14.6. The topological polar surface area (TPSA) is 29.0 Å². The number of benzene rings is 6. The highest BCUT2D eigenvalue weighted by Gasteiger charge is 2.43. The monoisotopic (exact) mass is 727 g/mol. The molecule has 0 saturated carbocycles. The summed E-state index contributed by atoms with van der Waals surface area (Å²) in [5, 5.41) is 7.91. The average molecular weight is 728 g/mol. The van der Waals surface area contributed by atoms with Crippen molar-refractivity contribution in [3.05, 3.63) is 199 Å². The van der Waals surface area contributed by atoms with E-state index < -0.39 is 8.07 Å². The smallest absolute Gasteiger partial charge is 0.179 e. The molecule has 0 aliphatic carbocycles. The van der Waals surface area contributed by atoms with Gasteiger partial charge < -0.3 is 0 Å². The third-order valence-corrected chi connectivity index (χ3v) is 17.2. The summed E-state index contributed by atoms with van der Waals surface area (Å²) in [6.45, 7) is 4.72. The van der Waals surface area contributed by atoms with Gasteiger partial charge in [-0.25, -0.2) is 4.98 Å². The van der Waals surface area contributed by atoms with Crippen LogP contribution in [0.2, 0.25) is 0 Å². The fourth-order valence-corrected chi connectivity index (χ4v) is 15.1. The molecular formula is C49H37N3SSi. The number of anilines is 3. The van der Waals surface area contributed by atoms with Crippen LogP contribution in [0.5, 0.6) is 0 Å². The molecule has 54 heavy (non-hydrogen) atoms. The molecule has 5 heteroatoms. The van der Waals surface area contributed by atoms with Crippen LogP contribution >= 0.6 is 11.3 Å². The summed E-state index contributed by atoms with van der Waals surface area (Å²) < 4.78 is 2.66. The first-order chi connectivity index (χ1) is 26.5. The lowest BCUT2D eigenvalue weighted by Gasteiger charge is -2.42. The molecule has 1 aliphatic heterocycles. The van der Waals surface area contributed by atoms with Crippen LogP contribution in [0, 0.1) is 0 Å². The van der Waals surface area contributed by atoms with E-state index in [0.717, 1.165) is 22.8 Å². The first kappa shape index (κ1) is 32.5. The maximum atomic E-state index is 5.14. The molecule has 4 heterocycles. The Kier molecular flexibility index (Phi) is 7.68. The molecule has 258 valence electrons. The van der Waals surface area contributed by atoms with Crippen molar-refractivity contribution in [2.24, 2.45) is 0 Å². The fraction of sp³-hybridized carbons (Fsp3) is 0.0612. The Bertz CT molecular complexity index is 2770. The number of thiophene rings is 1. The summed E-state index contributed by atoms with van der Waals surface area (Å²) in [4.78, 5) is 12.3. The molecule has 0 bridgehead atoms. The molecular weight excluding hydrogens is 691 g/mol. The summed E-state index contributed by atoms with van der Waals surface area (Å²) in [6.07, 6.45) is 3.81. The number of hydrogen-bond acceptors (Lipinski definition) is 4. The van der Waals surface area contributed by atoms with Gasteiger partial charge in [-0.15, -0.1) is 11.3 Å². The van der Waals surface area contributed by atoms with Crippen LogP contribution in [0.4, 0.5) is 17.2 Å². The lowest BCUT2D eigenvalue weighted by Crippen LogP contribution is -2.74. The summed E-state index contributed by atoms with van der Waals surface area (Å²) in [7, 11) is -2.91. The summed E-state index contributed by atoms with van der Waals surface area (Å²) in [5.41, 5.74) is 6.70. The number of fused-ring (bicyclic) bond motifs is 6. The number of aromatic nitrogens is 2. The summed E-state index contributed by atoms with van der Waals surface area (Å²) in [5.74, 6) is 0.983. The van der Waals surface area contributed by atoms with Crippen molar-refractivity contribution in [2.45, 2.75) is 19.3 Å². The zero-order valence-corrected chi connectivity index (χ0v) is 32.0. The van der Waals surface area contributed by atoms with Crippen LogP contribution in [0.15, 0.2) is 188 Å². The van der Waals surface area contributed by atoms with Crippen LogP contribution in [0.3, 0.4) is 0 Å². The maximum absolute atomic E-state index is 5.14. The van der Waals surface area contributed by atoms with Gasteiger partial charge in [-0.3, -0.25) is 9.88 Å². The highest BCUT2D eigenvalue weighted by atomic mass is 32.1. The van der Waals surface area contributed by atoms with Gasteiger partial charge >= 0.3 is 0 Å². The highest BCUT2D eigenvalue weighted by Crippen LogP contribution is 2.55. The fourth-order valence-electron chi connectivity index (χ4n) is 8.84. The van der Waals surface area contributed by atoms with Gasteiger partial charge in [0.2, 0.25) is 0 Å². The Morgan fingerprint density at radius 3 is 1.96 bits per heavy atom. The molecule has 0 radical (unpaired) electrons. The van der Waals surface area contributed by atoms with Gasteiger partial charge in [0, 0.05) is 60.4 Å². The predicted octanol–water partition coefficient (Wildman–Crippen LogP) is 10.00. The molecule has 10 rings (SSSR count). The predicted molar refractivity (Wildman–Crippen MR) is 231 cm³/mol. The van der Waals surface area contributed by atoms with Gasteiger partial charge in [0.1, 0.15) is 5.82 Å². The van der Waals surface area contributed by atoms with E-state index >= 15 is 0 Å². The van der Waals surface area contributed by atoms with Gasteiger partial charge in [-0.05, 0) is 63.2 Å². The summed E-state index contributed by atoms with van der Waals surface area (Å²) >= 11 is 1.90. The molecule has 0 unspecified atom stereocenters. The van der Waals surface area contributed by atoms with Crippen LogP contribution in [0.1, 0.15) is 25.0 Å². The minimum atomic E-state index is -2.91. The lowest BCUT2D eigenvalue weighted by molar-refractivity contribution is 0.634. The molecule has 0 saturated heterocycles. The van der Waals surface area contributed by atoms with Gasteiger partial charge in [-0.1, -0.05) is 147 Å². The van der Waals surface area contributed by atoms with Gasteiger partial charge in [-0.2, -0.15) is 0 Å². The molecule has 0 atom stereocenters. The van der Waals surface area contributed by atoms with Crippen molar-refractivity contribution in [3.63, 3.8) is 0 Å². The summed E-state index contributed by atoms with van der Waals surface area (Å²) in [6, 6.07) is 64.7. The molecule has 3 nitrogen and oxygen atoms in total. The van der Waals surface area contributed by atoms with Crippen LogP contribution < -0.4 is 25.6 Å². The number of nitrogens with zero attached hydrogens (tertiary/aromatic N) is 3. The molecule has 3 aromatic heterocycles. The minimum Gasteiger partial charge on any atom is -0.294 e. The largest absolute Gasteiger partial charge is 0.294 e. The first-order valence-electron chi connectivity index (χ1n) is 18.5.